The summed E-state index contributed by atoms with van der Waals surface area (Å²) in [5.74, 6) is -3.72. The van der Waals surface area contributed by atoms with Crippen molar-refractivity contribution in [1.82, 2.24) is 29.0 Å². The van der Waals surface area contributed by atoms with Gasteiger partial charge in [-0.2, -0.15) is 5.26 Å². The maximum atomic E-state index is 16.2. The highest BCUT2D eigenvalue weighted by atomic mass is 32.2. The van der Waals surface area contributed by atoms with Gasteiger partial charge in [-0.3, -0.25) is 34.0 Å². The number of carbonyl (C=O) groups excluding carboxylic acids is 3. The molecule has 0 bridgehead atoms. The molecule has 4 heterocycles. The third-order valence-electron chi connectivity index (χ3n) is 13.3. The van der Waals surface area contributed by atoms with Crippen LogP contribution in [0.5, 0.6) is 11.5 Å². The highest BCUT2D eigenvalue weighted by Crippen LogP contribution is 2.50. The molecule has 4 aliphatic rings. The van der Waals surface area contributed by atoms with Gasteiger partial charge >= 0.3 is 0 Å². The molecular formula is C45H50F3N9O5S. The van der Waals surface area contributed by atoms with E-state index in [0.29, 0.717) is 76.1 Å². The normalized spacial score (nSPS) is 20.6. The van der Waals surface area contributed by atoms with Crippen molar-refractivity contribution in [2.24, 2.45) is 5.41 Å². The van der Waals surface area contributed by atoms with E-state index in [1.807, 2.05) is 29.2 Å². The number of anilines is 2. The standard InChI is InChI=1S/C45H50F3N9O5S/c1-3-54(2)63-53-34-7-6-32(46)42(31(34)24-49)62-37-10-8-35-40(41(37)48)44(61)57(26-50-35)29-12-15-45(23-29)16-20-56(21-17-45)39(59)25-55-18-13-27(14-19-55)30-5-4-28(22-33(30)47)51-36-9-11-38(58)52-43(36)60/h4-8,10,22,26-27,29,36,51,53H,3,9,11-21,23,25H2,1-2H3,(H,52,58,60). The summed E-state index contributed by atoms with van der Waals surface area (Å²) in [6.07, 6.45) is 7.23. The number of imide groups is 1. The predicted octanol–water partition coefficient (Wildman–Crippen LogP) is 6.84. The first-order chi connectivity index (χ1) is 30.3. The number of halogens is 3. The fourth-order valence-corrected chi connectivity index (χ4v) is 9.98. The van der Waals surface area contributed by atoms with Gasteiger partial charge in [-0.1, -0.05) is 13.0 Å². The summed E-state index contributed by atoms with van der Waals surface area (Å²) in [5, 5.41) is 15.0. The van der Waals surface area contributed by atoms with Crippen molar-refractivity contribution in [2.75, 3.05) is 56.4 Å². The zero-order valence-corrected chi connectivity index (χ0v) is 36.0. The van der Waals surface area contributed by atoms with E-state index in [1.165, 1.54) is 47.3 Å². The highest BCUT2D eigenvalue weighted by Gasteiger charge is 2.43. The Morgan fingerprint density at radius 1 is 1.02 bits per heavy atom. The van der Waals surface area contributed by atoms with Crippen LogP contribution >= 0.6 is 12.1 Å². The maximum Gasteiger partial charge on any atom is 0.264 e. The van der Waals surface area contributed by atoms with Gasteiger partial charge in [0.1, 0.15) is 28.9 Å². The first-order valence-electron chi connectivity index (χ1n) is 21.5. The Balaban J connectivity index is 0.851. The van der Waals surface area contributed by atoms with E-state index in [2.05, 4.69) is 25.2 Å². The minimum atomic E-state index is -0.993. The second-order valence-electron chi connectivity index (χ2n) is 17.1. The van der Waals surface area contributed by atoms with E-state index in [9.17, 15) is 24.4 Å². The highest BCUT2D eigenvalue weighted by molar-refractivity contribution is 7.98. The van der Waals surface area contributed by atoms with Crippen molar-refractivity contribution >= 4 is 52.1 Å². The average Bonchev–Trinajstić information content (AvgIpc) is 3.68. The predicted molar refractivity (Wildman–Crippen MR) is 232 cm³/mol. The largest absolute Gasteiger partial charge is 0.450 e. The zero-order chi connectivity index (χ0) is 44.4. The summed E-state index contributed by atoms with van der Waals surface area (Å²) in [6, 6.07) is 11.3. The molecule has 3 aliphatic heterocycles. The van der Waals surface area contributed by atoms with Gasteiger partial charge in [0, 0.05) is 49.9 Å². The smallest absolute Gasteiger partial charge is 0.264 e. The van der Waals surface area contributed by atoms with Crippen LogP contribution in [0.4, 0.5) is 24.5 Å². The third kappa shape index (κ3) is 9.36. The number of carbonyl (C=O) groups is 3. The summed E-state index contributed by atoms with van der Waals surface area (Å²) in [6.45, 7) is 5.44. The summed E-state index contributed by atoms with van der Waals surface area (Å²) in [4.78, 5) is 59.5. The van der Waals surface area contributed by atoms with Crippen LogP contribution in [0.25, 0.3) is 10.9 Å². The van der Waals surface area contributed by atoms with E-state index in [4.69, 9.17) is 4.74 Å². The Hall–Kier alpha value is -5.64. The van der Waals surface area contributed by atoms with E-state index in [-0.39, 0.29) is 70.1 Å². The second-order valence-corrected chi connectivity index (χ2v) is 18.1. The summed E-state index contributed by atoms with van der Waals surface area (Å²) in [7, 11) is 1.84. The number of likely N-dealkylation sites (tertiary alicyclic amines) is 2. The summed E-state index contributed by atoms with van der Waals surface area (Å²) >= 11 is 1.21. The SMILES string of the molecule is CCN(C)SNc1ccc(F)c(Oc2ccc3ncn(C4CCC5(CCN(C(=O)CN6CCC(c7ccc(NC8CCC(=O)NC8=O)cc7F)CC6)CC5)C4)c(=O)c3c2F)c1C#N. The van der Waals surface area contributed by atoms with E-state index in [1.54, 1.807) is 12.1 Å². The van der Waals surface area contributed by atoms with Crippen LogP contribution in [0.3, 0.4) is 0 Å². The van der Waals surface area contributed by atoms with E-state index >= 15 is 13.2 Å². The molecule has 3 N–H and O–H groups in total. The van der Waals surface area contributed by atoms with Crippen molar-refractivity contribution in [3.8, 4) is 17.6 Å². The minimum Gasteiger partial charge on any atom is -0.450 e. The number of hydrogen-bond acceptors (Lipinski definition) is 12. The summed E-state index contributed by atoms with van der Waals surface area (Å²) < 4.78 is 58.6. The lowest BCUT2D eigenvalue weighted by atomic mass is 9.77. The van der Waals surface area contributed by atoms with Crippen LogP contribution < -0.4 is 25.7 Å². The molecule has 3 amide bonds. The van der Waals surface area contributed by atoms with Crippen LogP contribution in [0, 0.1) is 34.2 Å². The number of aromatic nitrogens is 2. The van der Waals surface area contributed by atoms with Gasteiger partial charge in [-0.15, -0.1) is 0 Å². The van der Waals surface area contributed by atoms with Crippen molar-refractivity contribution < 1.29 is 32.3 Å². The van der Waals surface area contributed by atoms with Crippen LogP contribution in [-0.4, -0.2) is 93.7 Å². The molecule has 1 spiro atoms. The number of nitrogens with one attached hydrogen (secondary N) is 3. The number of nitriles is 1. The molecule has 2 unspecified atom stereocenters. The fourth-order valence-electron chi connectivity index (χ4n) is 9.43. The molecule has 18 heteroatoms. The van der Waals surface area contributed by atoms with Crippen LogP contribution in [0.15, 0.2) is 53.6 Å². The van der Waals surface area contributed by atoms with E-state index in [0.717, 1.165) is 25.3 Å². The van der Waals surface area contributed by atoms with Gasteiger partial charge in [0.15, 0.2) is 23.1 Å². The second kappa shape index (κ2) is 18.6. The average molecular weight is 886 g/mol. The number of fused-ring (bicyclic) bond motifs is 1. The first kappa shape index (κ1) is 44.0. The molecule has 332 valence electrons. The first-order valence-corrected chi connectivity index (χ1v) is 22.3. The van der Waals surface area contributed by atoms with Gasteiger partial charge in [-0.05, 0) is 125 Å². The number of ether oxygens (including phenoxy) is 1. The monoisotopic (exact) mass is 885 g/mol. The van der Waals surface area contributed by atoms with Gasteiger partial charge in [-0.25, -0.2) is 22.5 Å². The lowest BCUT2D eigenvalue weighted by molar-refractivity contribution is -0.135. The van der Waals surface area contributed by atoms with Gasteiger partial charge in [0.2, 0.25) is 17.7 Å². The summed E-state index contributed by atoms with van der Waals surface area (Å²) in [5.41, 5.74) is 0.710. The van der Waals surface area contributed by atoms with Crippen LogP contribution in [0.2, 0.25) is 0 Å². The number of piperidine rings is 3. The topological polar surface area (TPSA) is 165 Å². The molecule has 1 aliphatic carbocycles. The quantitative estimate of drug-likeness (QED) is 0.101. The molecule has 14 nitrogen and oxygen atoms in total. The van der Waals surface area contributed by atoms with Crippen LogP contribution in [0.1, 0.15) is 87.8 Å². The molecule has 3 saturated heterocycles. The Labute approximate surface area is 367 Å². The molecule has 4 aromatic rings. The number of rotatable bonds is 12. The molecule has 3 aromatic carbocycles. The molecule has 4 fully saturated rings. The molecule has 63 heavy (non-hydrogen) atoms. The van der Waals surface area contributed by atoms with Crippen molar-refractivity contribution in [3.63, 3.8) is 0 Å². The van der Waals surface area contributed by atoms with Gasteiger partial charge in [0.25, 0.3) is 5.56 Å². The lowest BCUT2D eigenvalue weighted by Gasteiger charge is -2.40. The molecular weight excluding hydrogens is 836 g/mol. The molecule has 8 rings (SSSR count). The number of nitrogens with zero attached hydrogens (tertiary/aromatic N) is 6. The molecule has 1 saturated carbocycles. The Morgan fingerprint density at radius 3 is 2.51 bits per heavy atom. The van der Waals surface area contributed by atoms with Crippen molar-refractivity contribution in [1.29, 1.82) is 5.26 Å². The minimum absolute atomic E-state index is 0.00766. The van der Waals surface area contributed by atoms with E-state index < -0.39 is 40.6 Å². The molecule has 2 atom stereocenters. The molecule has 1 aromatic heterocycles. The Morgan fingerprint density at radius 2 is 1.79 bits per heavy atom. The van der Waals surface area contributed by atoms with Gasteiger partial charge < -0.3 is 19.7 Å². The van der Waals surface area contributed by atoms with Crippen LogP contribution in [-0.2, 0) is 14.4 Å². The number of hydrogen-bond donors (Lipinski definition) is 3. The van der Waals surface area contributed by atoms with Crippen molar-refractivity contribution in [3.05, 3.63) is 87.7 Å². The Kier molecular flexibility index (Phi) is 13.0. The lowest BCUT2D eigenvalue weighted by Crippen LogP contribution is -2.47. The number of benzene rings is 3. The fraction of sp³-hybridized carbons (Fsp3) is 0.467. The van der Waals surface area contributed by atoms with Gasteiger partial charge in [0.05, 0.1) is 24.1 Å². The number of amides is 3. The zero-order valence-electron chi connectivity index (χ0n) is 35.2. The third-order valence-corrected chi connectivity index (χ3v) is 14.1. The molecule has 0 radical (unpaired) electrons. The maximum absolute atomic E-state index is 16.2. The van der Waals surface area contributed by atoms with Crippen molar-refractivity contribution in [2.45, 2.75) is 82.7 Å². The Bertz CT molecular complexity index is 2520.